The summed E-state index contributed by atoms with van der Waals surface area (Å²) in [6.07, 6.45) is -0.551. The van der Waals surface area contributed by atoms with E-state index in [9.17, 15) is 5.11 Å². The molecule has 2 N–H and O–H groups in total. The van der Waals surface area contributed by atoms with Crippen molar-refractivity contribution in [1.82, 2.24) is 0 Å². The average molecular weight is 322 g/mol. The largest absolute Gasteiger partial charge is 0.495 e. The van der Waals surface area contributed by atoms with Crippen LogP contribution in [0.3, 0.4) is 0 Å². The van der Waals surface area contributed by atoms with Gasteiger partial charge in [-0.2, -0.15) is 0 Å². The highest BCUT2D eigenvalue weighted by Crippen LogP contribution is 2.28. The molecule has 0 aliphatic rings. The zero-order valence-electron chi connectivity index (χ0n) is 10.6. The summed E-state index contributed by atoms with van der Waals surface area (Å²) in [5, 5.41) is 13.3. The van der Waals surface area contributed by atoms with Crippen LogP contribution in [0.4, 0.5) is 5.69 Å². The Bertz CT molecular complexity index is 531. The molecule has 0 aromatic heterocycles. The Hall–Kier alpha value is -1.52. The molecule has 0 saturated heterocycles. The number of halogens is 1. The van der Waals surface area contributed by atoms with E-state index in [-0.39, 0.29) is 0 Å². The van der Waals surface area contributed by atoms with Crippen molar-refractivity contribution in [3.63, 3.8) is 0 Å². The van der Waals surface area contributed by atoms with Gasteiger partial charge in [0.25, 0.3) is 0 Å². The molecular formula is C15H16BrNO2. The predicted molar refractivity (Wildman–Crippen MR) is 80.6 cm³/mol. The van der Waals surface area contributed by atoms with Crippen molar-refractivity contribution in [2.75, 3.05) is 19.0 Å². The van der Waals surface area contributed by atoms with Gasteiger partial charge in [-0.15, -0.1) is 0 Å². The fourth-order valence-corrected chi connectivity index (χ4v) is 2.18. The lowest BCUT2D eigenvalue weighted by Crippen LogP contribution is -2.12. The first-order chi connectivity index (χ1) is 9.20. The molecule has 0 fully saturated rings. The van der Waals surface area contributed by atoms with Crippen molar-refractivity contribution in [3.05, 3.63) is 58.6 Å². The summed E-state index contributed by atoms with van der Waals surface area (Å²) in [7, 11) is 1.63. The third-order valence-electron chi connectivity index (χ3n) is 2.83. The molecule has 0 aliphatic carbocycles. The Labute approximate surface area is 121 Å². The molecule has 0 spiro atoms. The van der Waals surface area contributed by atoms with Gasteiger partial charge in [-0.05, 0) is 23.8 Å². The van der Waals surface area contributed by atoms with Crippen molar-refractivity contribution in [3.8, 4) is 5.75 Å². The molecule has 0 bridgehead atoms. The monoisotopic (exact) mass is 321 g/mol. The SMILES string of the molecule is COc1ccc(Br)cc1NCC(O)c1ccccc1. The second kappa shape index (κ2) is 6.59. The smallest absolute Gasteiger partial charge is 0.142 e. The lowest BCUT2D eigenvalue weighted by Gasteiger charge is -2.15. The van der Waals surface area contributed by atoms with Crippen LogP contribution in [-0.4, -0.2) is 18.8 Å². The van der Waals surface area contributed by atoms with E-state index in [1.807, 2.05) is 48.5 Å². The van der Waals surface area contributed by atoms with Crippen LogP contribution in [0, 0.1) is 0 Å². The third kappa shape index (κ3) is 3.72. The van der Waals surface area contributed by atoms with Gasteiger partial charge in [-0.1, -0.05) is 46.3 Å². The molecule has 1 unspecified atom stereocenters. The Morgan fingerprint density at radius 1 is 1.21 bits per heavy atom. The van der Waals surface area contributed by atoms with Crippen molar-refractivity contribution in [2.24, 2.45) is 0 Å². The molecular weight excluding hydrogens is 306 g/mol. The standard InChI is InChI=1S/C15H16BrNO2/c1-19-15-8-7-12(16)9-13(15)17-10-14(18)11-5-3-2-4-6-11/h2-9,14,17-18H,10H2,1H3. The number of hydrogen-bond acceptors (Lipinski definition) is 3. The number of anilines is 1. The highest BCUT2D eigenvalue weighted by molar-refractivity contribution is 9.10. The fourth-order valence-electron chi connectivity index (χ4n) is 1.82. The van der Waals surface area contributed by atoms with Crippen LogP contribution in [0.15, 0.2) is 53.0 Å². The average Bonchev–Trinajstić information content (AvgIpc) is 2.46. The van der Waals surface area contributed by atoms with Crippen molar-refractivity contribution in [2.45, 2.75) is 6.10 Å². The summed E-state index contributed by atoms with van der Waals surface area (Å²) in [5.74, 6) is 0.753. The number of aliphatic hydroxyl groups excluding tert-OH is 1. The molecule has 2 rings (SSSR count). The molecule has 0 heterocycles. The highest BCUT2D eigenvalue weighted by atomic mass is 79.9. The van der Waals surface area contributed by atoms with E-state index in [0.29, 0.717) is 6.54 Å². The van der Waals surface area contributed by atoms with E-state index in [0.717, 1.165) is 21.5 Å². The third-order valence-corrected chi connectivity index (χ3v) is 3.32. The zero-order valence-corrected chi connectivity index (χ0v) is 12.2. The predicted octanol–water partition coefficient (Wildman–Crippen LogP) is 3.60. The summed E-state index contributed by atoms with van der Waals surface area (Å²) < 4.78 is 6.24. The second-order valence-corrected chi connectivity index (χ2v) is 5.07. The van der Waals surface area contributed by atoms with Crippen molar-refractivity contribution in [1.29, 1.82) is 0 Å². The maximum atomic E-state index is 10.1. The Kier molecular flexibility index (Phi) is 4.82. The number of benzene rings is 2. The Balaban J connectivity index is 2.04. The van der Waals surface area contributed by atoms with Gasteiger partial charge in [0.05, 0.1) is 18.9 Å². The summed E-state index contributed by atoms with van der Waals surface area (Å²) in [6.45, 7) is 0.427. The van der Waals surface area contributed by atoms with Gasteiger partial charge in [0.15, 0.2) is 0 Å². The van der Waals surface area contributed by atoms with E-state index < -0.39 is 6.10 Å². The lowest BCUT2D eigenvalue weighted by molar-refractivity contribution is 0.191. The van der Waals surface area contributed by atoms with Crippen LogP contribution in [-0.2, 0) is 0 Å². The molecule has 19 heavy (non-hydrogen) atoms. The first-order valence-electron chi connectivity index (χ1n) is 6.01. The minimum atomic E-state index is -0.551. The van der Waals surface area contributed by atoms with E-state index in [2.05, 4.69) is 21.2 Å². The number of aliphatic hydroxyl groups is 1. The van der Waals surface area contributed by atoms with E-state index in [4.69, 9.17) is 4.74 Å². The number of ether oxygens (including phenoxy) is 1. The van der Waals surface area contributed by atoms with Gasteiger partial charge in [0.2, 0.25) is 0 Å². The van der Waals surface area contributed by atoms with Gasteiger partial charge in [0.1, 0.15) is 5.75 Å². The number of hydrogen-bond donors (Lipinski definition) is 2. The Morgan fingerprint density at radius 2 is 1.95 bits per heavy atom. The normalized spacial score (nSPS) is 11.9. The summed E-state index contributed by atoms with van der Waals surface area (Å²) in [4.78, 5) is 0. The molecule has 2 aromatic rings. The number of nitrogens with one attached hydrogen (secondary N) is 1. The van der Waals surface area contributed by atoms with Gasteiger partial charge in [-0.3, -0.25) is 0 Å². The molecule has 100 valence electrons. The van der Waals surface area contributed by atoms with E-state index in [1.54, 1.807) is 7.11 Å². The minimum absolute atomic E-state index is 0.427. The van der Waals surface area contributed by atoms with Crippen LogP contribution >= 0.6 is 15.9 Å². The van der Waals surface area contributed by atoms with E-state index >= 15 is 0 Å². The summed E-state index contributed by atoms with van der Waals surface area (Å²) in [5.41, 5.74) is 1.75. The minimum Gasteiger partial charge on any atom is -0.495 e. The van der Waals surface area contributed by atoms with Crippen LogP contribution in [0.25, 0.3) is 0 Å². The zero-order chi connectivity index (χ0) is 13.7. The Morgan fingerprint density at radius 3 is 2.63 bits per heavy atom. The first-order valence-corrected chi connectivity index (χ1v) is 6.80. The van der Waals surface area contributed by atoms with Gasteiger partial charge in [-0.25, -0.2) is 0 Å². The van der Waals surface area contributed by atoms with Crippen LogP contribution in [0.5, 0.6) is 5.75 Å². The molecule has 3 nitrogen and oxygen atoms in total. The molecule has 1 atom stereocenters. The van der Waals surface area contributed by atoms with Crippen molar-refractivity contribution >= 4 is 21.6 Å². The number of rotatable bonds is 5. The first kappa shape index (κ1) is 13.9. The van der Waals surface area contributed by atoms with Crippen LogP contribution in [0.1, 0.15) is 11.7 Å². The molecule has 0 aliphatic heterocycles. The van der Waals surface area contributed by atoms with Crippen LogP contribution < -0.4 is 10.1 Å². The van der Waals surface area contributed by atoms with E-state index in [1.165, 1.54) is 0 Å². The molecule has 4 heteroatoms. The lowest BCUT2D eigenvalue weighted by atomic mass is 10.1. The topological polar surface area (TPSA) is 41.5 Å². The van der Waals surface area contributed by atoms with Gasteiger partial charge in [0, 0.05) is 11.0 Å². The second-order valence-electron chi connectivity index (χ2n) is 4.15. The van der Waals surface area contributed by atoms with Crippen LogP contribution in [0.2, 0.25) is 0 Å². The maximum absolute atomic E-state index is 10.1. The molecule has 2 aromatic carbocycles. The molecule has 0 amide bonds. The fraction of sp³-hybridized carbons (Fsp3) is 0.200. The van der Waals surface area contributed by atoms with Gasteiger partial charge < -0.3 is 15.2 Å². The van der Waals surface area contributed by atoms with Crippen molar-refractivity contribution < 1.29 is 9.84 Å². The summed E-state index contributed by atoms with van der Waals surface area (Å²) in [6, 6.07) is 15.3. The molecule has 0 saturated carbocycles. The molecule has 0 radical (unpaired) electrons. The van der Waals surface area contributed by atoms with Gasteiger partial charge >= 0.3 is 0 Å². The summed E-state index contributed by atoms with van der Waals surface area (Å²) >= 11 is 3.42. The highest BCUT2D eigenvalue weighted by Gasteiger charge is 2.09. The number of methoxy groups -OCH3 is 1. The quantitative estimate of drug-likeness (QED) is 0.884. The maximum Gasteiger partial charge on any atom is 0.142 e.